The van der Waals surface area contributed by atoms with E-state index in [-0.39, 0.29) is 25.0 Å². The Labute approximate surface area is 127 Å². The fourth-order valence-electron chi connectivity index (χ4n) is 1.71. The van der Waals surface area contributed by atoms with Gasteiger partial charge in [0.15, 0.2) is 5.82 Å². The van der Waals surface area contributed by atoms with Gasteiger partial charge in [0.1, 0.15) is 5.82 Å². The van der Waals surface area contributed by atoms with E-state index in [0.717, 1.165) is 0 Å². The van der Waals surface area contributed by atoms with Gasteiger partial charge in [-0.1, -0.05) is 22.8 Å². The molecule has 1 aromatic carbocycles. The average Bonchev–Trinajstić information content (AvgIpc) is 2.89. The molecule has 2 aromatic rings. The highest BCUT2D eigenvalue weighted by molar-refractivity contribution is 6.31. The van der Waals surface area contributed by atoms with Crippen LogP contribution in [-0.4, -0.2) is 22.9 Å². The van der Waals surface area contributed by atoms with Crippen molar-refractivity contribution in [2.75, 3.05) is 6.61 Å². The van der Waals surface area contributed by atoms with Gasteiger partial charge in [-0.05, 0) is 26.0 Å². The Morgan fingerprint density at radius 1 is 1.43 bits per heavy atom. The number of halogens is 2. The monoisotopic (exact) mass is 313 g/mol. The molecule has 114 valence electrons. The number of aromatic nitrogens is 2. The van der Waals surface area contributed by atoms with Crippen LogP contribution in [0.15, 0.2) is 22.7 Å². The molecule has 7 heteroatoms. The van der Waals surface area contributed by atoms with Crippen molar-refractivity contribution in [3.63, 3.8) is 0 Å². The Balaban J connectivity index is 2.06. The summed E-state index contributed by atoms with van der Waals surface area (Å²) in [6.07, 6.45) is 0.190. The van der Waals surface area contributed by atoms with Gasteiger partial charge in [0.2, 0.25) is 5.89 Å². The van der Waals surface area contributed by atoms with E-state index in [1.807, 2.05) is 13.8 Å². The van der Waals surface area contributed by atoms with Crippen molar-refractivity contribution in [2.45, 2.75) is 32.4 Å². The van der Waals surface area contributed by atoms with Gasteiger partial charge in [0.25, 0.3) is 0 Å². The summed E-state index contributed by atoms with van der Waals surface area (Å²) in [6, 6.07) is 4.00. The molecule has 5 nitrogen and oxygen atoms in total. The Kier molecular flexibility index (Phi) is 5.27. The van der Waals surface area contributed by atoms with Crippen LogP contribution in [0.5, 0.6) is 0 Å². The van der Waals surface area contributed by atoms with Gasteiger partial charge in [-0.15, -0.1) is 0 Å². The minimum absolute atomic E-state index is 0.0691. The molecular weight excluding hydrogens is 297 g/mol. The van der Waals surface area contributed by atoms with Crippen molar-refractivity contribution in [2.24, 2.45) is 5.73 Å². The molecule has 0 spiro atoms. The number of rotatable bonds is 6. The molecule has 0 radical (unpaired) electrons. The molecule has 0 saturated heterocycles. The van der Waals surface area contributed by atoms with E-state index in [1.165, 1.54) is 6.07 Å². The van der Waals surface area contributed by atoms with E-state index >= 15 is 0 Å². The lowest BCUT2D eigenvalue weighted by molar-refractivity contribution is 0.0665. The van der Waals surface area contributed by atoms with Crippen molar-refractivity contribution in [1.82, 2.24) is 10.1 Å². The molecule has 1 heterocycles. The number of ether oxygens (including phenoxy) is 1. The first-order chi connectivity index (χ1) is 9.97. The Bertz CT molecular complexity index is 583. The van der Waals surface area contributed by atoms with E-state index in [4.69, 9.17) is 26.6 Å². The summed E-state index contributed by atoms with van der Waals surface area (Å²) in [5.74, 6) is 0.185. The smallest absolute Gasteiger partial charge is 0.231 e. The first kappa shape index (κ1) is 15.9. The van der Waals surface area contributed by atoms with Gasteiger partial charge < -0.3 is 15.0 Å². The molecule has 1 unspecified atom stereocenters. The van der Waals surface area contributed by atoms with Crippen LogP contribution in [0.2, 0.25) is 5.02 Å². The summed E-state index contributed by atoms with van der Waals surface area (Å²) < 4.78 is 24.2. The Morgan fingerprint density at radius 2 is 2.19 bits per heavy atom. The molecule has 21 heavy (non-hydrogen) atoms. The molecule has 0 fully saturated rings. The lowest BCUT2D eigenvalue weighted by Crippen LogP contribution is -2.20. The minimum Gasteiger partial charge on any atom is -0.377 e. The van der Waals surface area contributed by atoms with Crippen LogP contribution in [0.3, 0.4) is 0 Å². The summed E-state index contributed by atoms with van der Waals surface area (Å²) in [5.41, 5.74) is 6.22. The lowest BCUT2D eigenvalue weighted by Gasteiger charge is -2.10. The van der Waals surface area contributed by atoms with Gasteiger partial charge >= 0.3 is 0 Å². The molecule has 1 aromatic heterocycles. The number of benzene rings is 1. The lowest BCUT2D eigenvalue weighted by atomic mass is 10.1. The molecule has 2 N–H and O–H groups in total. The van der Waals surface area contributed by atoms with Crippen molar-refractivity contribution >= 4 is 11.6 Å². The van der Waals surface area contributed by atoms with Crippen molar-refractivity contribution in [3.05, 3.63) is 46.3 Å². The quantitative estimate of drug-likeness (QED) is 0.887. The highest BCUT2D eigenvalue weighted by atomic mass is 35.5. The van der Waals surface area contributed by atoms with Crippen molar-refractivity contribution in [1.29, 1.82) is 0 Å². The largest absolute Gasteiger partial charge is 0.377 e. The molecule has 0 amide bonds. The molecule has 2 rings (SSSR count). The van der Waals surface area contributed by atoms with E-state index in [1.54, 1.807) is 12.1 Å². The zero-order valence-corrected chi connectivity index (χ0v) is 12.6. The second kappa shape index (κ2) is 6.98. The van der Waals surface area contributed by atoms with E-state index in [2.05, 4.69) is 10.1 Å². The number of hydrogen-bond donors (Lipinski definition) is 1. The average molecular weight is 314 g/mol. The zero-order chi connectivity index (χ0) is 15.4. The first-order valence-corrected chi connectivity index (χ1v) is 6.97. The van der Waals surface area contributed by atoms with Crippen LogP contribution in [0.25, 0.3) is 0 Å². The topological polar surface area (TPSA) is 74.2 Å². The molecule has 0 bridgehead atoms. The van der Waals surface area contributed by atoms with E-state index < -0.39 is 11.9 Å². The third-order valence-corrected chi connectivity index (χ3v) is 3.17. The maximum Gasteiger partial charge on any atom is 0.231 e. The van der Waals surface area contributed by atoms with Crippen LogP contribution < -0.4 is 5.73 Å². The predicted octanol–water partition coefficient (Wildman–Crippen LogP) is 2.88. The SMILES string of the molecule is CC(C)OCC(N)c1noc(Cc2c(F)cccc2Cl)n1. The summed E-state index contributed by atoms with van der Waals surface area (Å²) in [4.78, 5) is 4.16. The standard InChI is InChI=1S/C14H17ClFN3O2/c1-8(2)20-7-12(17)14-18-13(21-19-14)6-9-10(15)4-3-5-11(9)16/h3-5,8,12H,6-7,17H2,1-2H3. The van der Waals surface area contributed by atoms with Crippen LogP contribution >= 0.6 is 11.6 Å². The Morgan fingerprint density at radius 3 is 2.86 bits per heavy atom. The van der Waals surface area contributed by atoms with Gasteiger partial charge in [0, 0.05) is 10.6 Å². The van der Waals surface area contributed by atoms with Crippen LogP contribution in [0.4, 0.5) is 4.39 Å². The molecule has 0 aliphatic carbocycles. The molecule has 0 aliphatic heterocycles. The summed E-state index contributed by atoms with van der Waals surface area (Å²) in [5, 5.41) is 4.11. The second-order valence-electron chi connectivity index (χ2n) is 4.91. The number of nitrogens with zero attached hydrogens (tertiary/aromatic N) is 2. The fourth-order valence-corrected chi connectivity index (χ4v) is 1.94. The van der Waals surface area contributed by atoms with Gasteiger partial charge in [-0.2, -0.15) is 4.98 Å². The minimum atomic E-state index is -0.485. The molecule has 1 atom stereocenters. The first-order valence-electron chi connectivity index (χ1n) is 6.60. The predicted molar refractivity (Wildman–Crippen MR) is 76.5 cm³/mol. The van der Waals surface area contributed by atoms with E-state index in [0.29, 0.717) is 16.4 Å². The Hall–Kier alpha value is -1.50. The number of hydrogen-bond acceptors (Lipinski definition) is 5. The summed E-state index contributed by atoms with van der Waals surface area (Å²) in [6.45, 7) is 4.11. The highest BCUT2D eigenvalue weighted by Gasteiger charge is 2.17. The zero-order valence-electron chi connectivity index (χ0n) is 11.8. The van der Waals surface area contributed by atoms with Gasteiger partial charge in [0.05, 0.1) is 25.2 Å². The third-order valence-electron chi connectivity index (χ3n) is 2.81. The highest BCUT2D eigenvalue weighted by Crippen LogP contribution is 2.22. The summed E-state index contributed by atoms with van der Waals surface area (Å²) >= 11 is 5.96. The summed E-state index contributed by atoms with van der Waals surface area (Å²) in [7, 11) is 0. The normalized spacial score (nSPS) is 12.9. The van der Waals surface area contributed by atoms with Gasteiger partial charge in [-0.25, -0.2) is 4.39 Å². The third kappa shape index (κ3) is 4.23. The molecule has 0 aliphatic rings. The fraction of sp³-hybridized carbons (Fsp3) is 0.429. The van der Waals surface area contributed by atoms with Crippen molar-refractivity contribution in [3.8, 4) is 0 Å². The van der Waals surface area contributed by atoms with Crippen LogP contribution in [0, 0.1) is 5.82 Å². The second-order valence-corrected chi connectivity index (χ2v) is 5.32. The molecule has 0 saturated carbocycles. The van der Waals surface area contributed by atoms with Crippen LogP contribution in [-0.2, 0) is 11.2 Å². The maximum absolute atomic E-state index is 13.7. The van der Waals surface area contributed by atoms with E-state index in [9.17, 15) is 4.39 Å². The van der Waals surface area contributed by atoms with Gasteiger partial charge in [-0.3, -0.25) is 0 Å². The molecular formula is C14H17ClFN3O2. The number of nitrogens with two attached hydrogens (primary N) is 1. The maximum atomic E-state index is 13.7. The van der Waals surface area contributed by atoms with Crippen molar-refractivity contribution < 1.29 is 13.7 Å². The van der Waals surface area contributed by atoms with Crippen LogP contribution in [0.1, 0.15) is 37.2 Å².